The van der Waals surface area contributed by atoms with Gasteiger partial charge in [-0.15, -0.1) is 0 Å². The van der Waals surface area contributed by atoms with Gasteiger partial charge in [0.2, 0.25) is 0 Å². The Balaban J connectivity index is 2.52. The predicted molar refractivity (Wildman–Crippen MR) is 57.9 cm³/mol. The largest absolute Gasteiger partial charge is 0.465 e. The lowest BCUT2D eigenvalue weighted by Crippen LogP contribution is -2.26. The lowest BCUT2D eigenvalue weighted by Gasteiger charge is -2.20. The van der Waals surface area contributed by atoms with Crippen LogP contribution in [0.25, 0.3) is 0 Å². The Bertz CT molecular complexity index is 399. The molecule has 2 rings (SSSR count). The van der Waals surface area contributed by atoms with Gasteiger partial charge in [-0.05, 0) is 42.6 Å². The van der Waals surface area contributed by atoms with Crippen LogP contribution in [0.4, 0.5) is 0 Å². The fraction of sp³-hybridized carbons (Fsp3) is 0.417. The number of nitrogens with one attached hydrogen (secondary N) is 1. The molecule has 0 aliphatic carbocycles. The number of carbonyl (C=O) groups excluding carboxylic acids is 1. The van der Waals surface area contributed by atoms with E-state index in [0.717, 1.165) is 30.6 Å². The molecule has 0 aromatic heterocycles. The van der Waals surface area contributed by atoms with E-state index < -0.39 is 0 Å². The molecule has 1 heterocycles. The van der Waals surface area contributed by atoms with Crippen molar-refractivity contribution >= 4 is 5.97 Å². The highest BCUT2D eigenvalue weighted by atomic mass is 16.5. The van der Waals surface area contributed by atoms with Crippen LogP contribution in [-0.2, 0) is 17.7 Å². The van der Waals surface area contributed by atoms with E-state index in [2.05, 4.69) is 11.4 Å². The molecule has 0 unspecified atom stereocenters. The molecule has 0 saturated carbocycles. The van der Waals surface area contributed by atoms with E-state index in [9.17, 15) is 4.79 Å². The van der Waals surface area contributed by atoms with E-state index in [0.29, 0.717) is 5.56 Å². The van der Waals surface area contributed by atoms with Crippen molar-refractivity contribution in [2.45, 2.75) is 19.9 Å². The standard InChI is InChI=1S/C12H15NO2/c1-8-5-9-3-4-13-7-11(9)10(6-8)12(14)15-2/h5-6,13H,3-4,7H2,1-2H3. The van der Waals surface area contributed by atoms with Crippen LogP contribution in [0.15, 0.2) is 12.1 Å². The van der Waals surface area contributed by atoms with Crippen molar-refractivity contribution in [2.24, 2.45) is 0 Å². The number of benzene rings is 1. The second kappa shape index (κ2) is 4.03. The lowest BCUT2D eigenvalue weighted by atomic mass is 9.93. The summed E-state index contributed by atoms with van der Waals surface area (Å²) in [6.07, 6.45) is 0.987. The summed E-state index contributed by atoms with van der Waals surface area (Å²) in [6, 6.07) is 4.06. The van der Waals surface area contributed by atoms with Gasteiger partial charge in [0, 0.05) is 6.54 Å². The molecule has 0 bridgehead atoms. The van der Waals surface area contributed by atoms with Gasteiger partial charge in [0.25, 0.3) is 0 Å². The third kappa shape index (κ3) is 1.88. The molecule has 1 aliphatic heterocycles. The first-order valence-corrected chi connectivity index (χ1v) is 5.14. The number of rotatable bonds is 1. The molecule has 80 valence electrons. The Morgan fingerprint density at radius 1 is 1.47 bits per heavy atom. The molecular formula is C12H15NO2. The summed E-state index contributed by atoms with van der Waals surface area (Å²) in [5.74, 6) is -0.237. The van der Waals surface area contributed by atoms with Gasteiger partial charge in [-0.3, -0.25) is 0 Å². The maximum atomic E-state index is 11.6. The Hall–Kier alpha value is -1.35. The maximum absolute atomic E-state index is 11.6. The van der Waals surface area contributed by atoms with Gasteiger partial charge in [-0.25, -0.2) is 4.79 Å². The summed E-state index contributed by atoms with van der Waals surface area (Å²) >= 11 is 0. The third-order valence-electron chi connectivity index (χ3n) is 2.76. The SMILES string of the molecule is COC(=O)c1cc(C)cc2c1CNCC2. The minimum absolute atomic E-state index is 0.237. The number of aryl methyl sites for hydroxylation is 1. The predicted octanol–water partition coefficient (Wildman–Crippen LogP) is 1.43. The smallest absolute Gasteiger partial charge is 0.338 e. The summed E-state index contributed by atoms with van der Waals surface area (Å²) < 4.78 is 4.79. The van der Waals surface area contributed by atoms with Gasteiger partial charge in [0.05, 0.1) is 12.7 Å². The number of hydrogen-bond donors (Lipinski definition) is 1. The van der Waals surface area contributed by atoms with E-state index in [1.165, 1.54) is 12.7 Å². The fourth-order valence-corrected chi connectivity index (χ4v) is 2.05. The third-order valence-corrected chi connectivity index (χ3v) is 2.76. The number of esters is 1. The Morgan fingerprint density at radius 3 is 3.00 bits per heavy atom. The van der Waals surface area contributed by atoms with E-state index in [4.69, 9.17) is 4.74 Å². The monoisotopic (exact) mass is 205 g/mol. The molecule has 1 aromatic carbocycles. The Labute approximate surface area is 89.4 Å². The van der Waals surface area contributed by atoms with Crippen LogP contribution >= 0.6 is 0 Å². The van der Waals surface area contributed by atoms with Crippen molar-refractivity contribution in [3.63, 3.8) is 0 Å². The van der Waals surface area contributed by atoms with Crippen molar-refractivity contribution in [1.82, 2.24) is 5.32 Å². The van der Waals surface area contributed by atoms with Crippen LogP contribution < -0.4 is 5.32 Å². The minimum atomic E-state index is -0.237. The van der Waals surface area contributed by atoms with Crippen LogP contribution in [-0.4, -0.2) is 19.6 Å². The molecule has 1 aromatic rings. The number of carbonyl (C=O) groups is 1. The molecule has 0 fully saturated rings. The summed E-state index contributed by atoms with van der Waals surface area (Å²) in [4.78, 5) is 11.6. The molecule has 15 heavy (non-hydrogen) atoms. The molecule has 3 nitrogen and oxygen atoms in total. The van der Waals surface area contributed by atoms with Crippen LogP contribution in [0.1, 0.15) is 27.0 Å². The van der Waals surface area contributed by atoms with Gasteiger partial charge in [0.1, 0.15) is 0 Å². The molecular weight excluding hydrogens is 190 g/mol. The molecule has 1 aliphatic rings. The van der Waals surface area contributed by atoms with E-state index >= 15 is 0 Å². The molecule has 0 amide bonds. The lowest BCUT2D eigenvalue weighted by molar-refractivity contribution is 0.0599. The molecule has 0 spiro atoms. The van der Waals surface area contributed by atoms with Gasteiger partial charge >= 0.3 is 5.97 Å². The molecule has 0 atom stereocenters. The van der Waals surface area contributed by atoms with Gasteiger partial charge in [0.15, 0.2) is 0 Å². The zero-order valence-electron chi connectivity index (χ0n) is 9.09. The first kappa shape index (κ1) is 10.2. The van der Waals surface area contributed by atoms with Crippen molar-refractivity contribution in [3.8, 4) is 0 Å². The Kier molecular flexibility index (Phi) is 2.73. The van der Waals surface area contributed by atoms with Crippen molar-refractivity contribution in [1.29, 1.82) is 0 Å². The zero-order valence-corrected chi connectivity index (χ0v) is 9.09. The van der Waals surface area contributed by atoms with Crippen LogP contribution in [0.2, 0.25) is 0 Å². The van der Waals surface area contributed by atoms with Gasteiger partial charge in [-0.2, -0.15) is 0 Å². The second-order valence-electron chi connectivity index (χ2n) is 3.87. The molecule has 0 saturated heterocycles. The van der Waals surface area contributed by atoms with E-state index in [-0.39, 0.29) is 5.97 Å². The highest BCUT2D eigenvalue weighted by Crippen LogP contribution is 2.21. The average molecular weight is 205 g/mol. The normalized spacial score (nSPS) is 14.5. The first-order chi connectivity index (χ1) is 7.22. The minimum Gasteiger partial charge on any atom is -0.465 e. The van der Waals surface area contributed by atoms with Gasteiger partial charge in [-0.1, -0.05) is 6.07 Å². The number of hydrogen-bond acceptors (Lipinski definition) is 3. The molecule has 0 radical (unpaired) electrons. The summed E-state index contributed by atoms with van der Waals surface area (Å²) in [6.45, 7) is 3.76. The Morgan fingerprint density at radius 2 is 2.27 bits per heavy atom. The van der Waals surface area contributed by atoms with Crippen LogP contribution in [0.3, 0.4) is 0 Å². The molecule has 1 N–H and O–H groups in total. The maximum Gasteiger partial charge on any atom is 0.338 e. The van der Waals surface area contributed by atoms with E-state index in [1.54, 1.807) is 0 Å². The van der Waals surface area contributed by atoms with Crippen LogP contribution in [0.5, 0.6) is 0 Å². The fourth-order valence-electron chi connectivity index (χ4n) is 2.05. The van der Waals surface area contributed by atoms with Crippen LogP contribution in [0, 0.1) is 6.92 Å². The molecule has 3 heteroatoms. The number of methoxy groups -OCH3 is 1. The highest BCUT2D eigenvalue weighted by Gasteiger charge is 2.18. The van der Waals surface area contributed by atoms with Crippen molar-refractivity contribution in [2.75, 3.05) is 13.7 Å². The number of fused-ring (bicyclic) bond motifs is 1. The number of ether oxygens (including phenoxy) is 1. The summed E-state index contributed by atoms with van der Waals surface area (Å²) in [5, 5.41) is 3.27. The van der Waals surface area contributed by atoms with Crippen molar-refractivity contribution in [3.05, 3.63) is 34.4 Å². The topological polar surface area (TPSA) is 38.3 Å². The average Bonchev–Trinajstić information content (AvgIpc) is 2.26. The highest BCUT2D eigenvalue weighted by molar-refractivity contribution is 5.91. The van der Waals surface area contributed by atoms with Gasteiger partial charge < -0.3 is 10.1 Å². The second-order valence-corrected chi connectivity index (χ2v) is 3.87. The van der Waals surface area contributed by atoms with E-state index in [1.807, 2.05) is 13.0 Å². The summed E-state index contributed by atoms with van der Waals surface area (Å²) in [7, 11) is 1.42. The quantitative estimate of drug-likeness (QED) is 0.705. The zero-order chi connectivity index (χ0) is 10.8. The first-order valence-electron chi connectivity index (χ1n) is 5.14. The van der Waals surface area contributed by atoms with Crippen molar-refractivity contribution < 1.29 is 9.53 Å². The summed E-state index contributed by atoms with van der Waals surface area (Å²) in [5.41, 5.74) is 4.20.